The van der Waals surface area contributed by atoms with Gasteiger partial charge in [0.2, 0.25) is 0 Å². The predicted octanol–water partition coefficient (Wildman–Crippen LogP) is 1.56. The number of aliphatic hydroxyl groups excluding tert-OH is 1. The monoisotopic (exact) mass is 217 g/mol. The van der Waals surface area contributed by atoms with Crippen LogP contribution in [0.15, 0.2) is 24.4 Å². The largest absolute Gasteiger partial charge is 0.375 e. The zero-order valence-corrected chi connectivity index (χ0v) is 8.85. The van der Waals surface area contributed by atoms with Crippen molar-refractivity contribution in [2.75, 3.05) is 14.2 Å². The number of hydrogen-bond donors (Lipinski definition) is 1. The average molecular weight is 217 g/mol. The average Bonchev–Trinajstić information content (AvgIpc) is 2.28. The Morgan fingerprint density at radius 3 is 2.50 bits per heavy atom. The fraction of sp³-hybridized carbons (Fsp3) is 0.375. The Bertz CT molecular complexity index is 321. The molecule has 0 saturated heterocycles. The van der Waals surface area contributed by atoms with Crippen LogP contribution in [-0.2, 0) is 13.6 Å². The SMILES string of the molecule is COP(=O)(OC)C(O)c1ccccn1. The lowest BCUT2D eigenvalue weighted by atomic mass is 10.4. The third-order valence-electron chi connectivity index (χ3n) is 1.76. The summed E-state index contributed by atoms with van der Waals surface area (Å²) < 4.78 is 21.0. The molecule has 0 aromatic carbocycles. The van der Waals surface area contributed by atoms with Gasteiger partial charge < -0.3 is 14.2 Å². The molecule has 78 valence electrons. The maximum atomic E-state index is 11.7. The lowest BCUT2D eigenvalue weighted by Gasteiger charge is -2.18. The normalized spacial score (nSPS) is 13.9. The highest BCUT2D eigenvalue weighted by Gasteiger charge is 2.34. The van der Waals surface area contributed by atoms with E-state index in [2.05, 4.69) is 14.0 Å². The van der Waals surface area contributed by atoms with Gasteiger partial charge in [-0.05, 0) is 12.1 Å². The van der Waals surface area contributed by atoms with E-state index in [-0.39, 0.29) is 5.69 Å². The number of rotatable bonds is 4. The minimum atomic E-state index is -3.50. The van der Waals surface area contributed by atoms with Gasteiger partial charge in [-0.3, -0.25) is 9.55 Å². The highest BCUT2D eigenvalue weighted by Crippen LogP contribution is 2.57. The molecule has 0 spiro atoms. The Morgan fingerprint density at radius 2 is 2.07 bits per heavy atom. The van der Waals surface area contributed by atoms with Crippen molar-refractivity contribution in [2.45, 2.75) is 5.85 Å². The van der Waals surface area contributed by atoms with Crippen molar-refractivity contribution in [3.05, 3.63) is 30.1 Å². The first kappa shape index (κ1) is 11.3. The van der Waals surface area contributed by atoms with E-state index >= 15 is 0 Å². The van der Waals surface area contributed by atoms with E-state index in [0.717, 1.165) is 0 Å². The smallest absolute Gasteiger partial charge is 0.364 e. The van der Waals surface area contributed by atoms with Gasteiger partial charge in [-0.15, -0.1) is 0 Å². The van der Waals surface area contributed by atoms with Crippen LogP contribution in [0.1, 0.15) is 11.5 Å². The highest BCUT2D eigenvalue weighted by molar-refractivity contribution is 7.53. The Kier molecular flexibility index (Phi) is 3.77. The topological polar surface area (TPSA) is 68.7 Å². The van der Waals surface area contributed by atoms with Crippen molar-refractivity contribution in [3.63, 3.8) is 0 Å². The van der Waals surface area contributed by atoms with E-state index in [0.29, 0.717) is 0 Å². The molecule has 1 heterocycles. The molecule has 1 rings (SSSR count). The third-order valence-corrected chi connectivity index (χ3v) is 3.64. The molecule has 0 fully saturated rings. The predicted molar refractivity (Wildman–Crippen MR) is 50.8 cm³/mol. The summed E-state index contributed by atoms with van der Waals surface area (Å²) in [5, 5.41) is 9.66. The maximum Gasteiger partial charge on any atom is 0.364 e. The Morgan fingerprint density at radius 1 is 1.43 bits per heavy atom. The molecule has 0 saturated carbocycles. The number of nitrogens with zero attached hydrogens (tertiary/aromatic N) is 1. The van der Waals surface area contributed by atoms with Crippen molar-refractivity contribution < 1.29 is 18.7 Å². The van der Waals surface area contributed by atoms with Gasteiger partial charge >= 0.3 is 7.60 Å². The van der Waals surface area contributed by atoms with E-state index in [1.54, 1.807) is 18.2 Å². The summed E-state index contributed by atoms with van der Waals surface area (Å²) >= 11 is 0. The van der Waals surface area contributed by atoms with Crippen LogP contribution in [0.5, 0.6) is 0 Å². The lowest BCUT2D eigenvalue weighted by Crippen LogP contribution is -2.04. The van der Waals surface area contributed by atoms with Crippen molar-refractivity contribution in [1.29, 1.82) is 0 Å². The molecule has 0 aliphatic carbocycles. The first-order valence-corrected chi connectivity index (χ1v) is 5.55. The molecule has 0 aliphatic heterocycles. The molecule has 6 heteroatoms. The van der Waals surface area contributed by atoms with Crippen LogP contribution in [-0.4, -0.2) is 24.3 Å². The summed E-state index contributed by atoms with van der Waals surface area (Å²) in [6.45, 7) is 0. The van der Waals surface area contributed by atoms with Crippen LogP contribution in [0.2, 0.25) is 0 Å². The van der Waals surface area contributed by atoms with Crippen molar-refractivity contribution in [3.8, 4) is 0 Å². The Labute approximate surface area is 82.2 Å². The van der Waals surface area contributed by atoms with E-state index in [4.69, 9.17) is 0 Å². The first-order valence-electron chi connectivity index (χ1n) is 3.94. The van der Waals surface area contributed by atoms with Crippen LogP contribution < -0.4 is 0 Å². The standard InChI is InChI=1S/C8H12NO4P/c1-12-14(11,13-2)8(10)7-5-3-4-6-9-7/h3-6,8,10H,1-2H3. The molecule has 0 bridgehead atoms. The zero-order valence-electron chi connectivity index (χ0n) is 7.95. The van der Waals surface area contributed by atoms with Gasteiger partial charge in [0, 0.05) is 20.4 Å². The molecule has 1 atom stereocenters. The molecule has 5 nitrogen and oxygen atoms in total. The molecule has 1 aromatic heterocycles. The second-order valence-electron chi connectivity index (χ2n) is 2.53. The van der Waals surface area contributed by atoms with Crippen molar-refractivity contribution >= 4 is 7.60 Å². The summed E-state index contributed by atoms with van der Waals surface area (Å²) in [6.07, 6.45) is 1.49. The number of pyridine rings is 1. The van der Waals surface area contributed by atoms with Gasteiger partial charge in [-0.1, -0.05) is 6.07 Å². The number of hydrogen-bond acceptors (Lipinski definition) is 5. The summed E-state index contributed by atoms with van der Waals surface area (Å²) in [4.78, 5) is 3.86. The molecule has 0 radical (unpaired) electrons. The number of aliphatic hydroxyl groups is 1. The molecule has 1 aromatic rings. The second kappa shape index (κ2) is 4.66. The number of aromatic nitrogens is 1. The Balaban J connectivity index is 2.95. The fourth-order valence-electron chi connectivity index (χ4n) is 0.965. The zero-order chi connectivity index (χ0) is 10.6. The molecule has 1 unspecified atom stereocenters. The molecule has 14 heavy (non-hydrogen) atoms. The molecule has 1 N–H and O–H groups in total. The van der Waals surface area contributed by atoms with Gasteiger partial charge in [0.25, 0.3) is 0 Å². The van der Waals surface area contributed by atoms with Gasteiger partial charge in [0.15, 0.2) is 5.85 Å². The molecular formula is C8H12NO4P. The van der Waals surface area contributed by atoms with Gasteiger partial charge in [0.05, 0.1) is 5.69 Å². The van der Waals surface area contributed by atoms with E-state index in [9.17, 15) is 9.67 Å². The van der Waals surface area contributed by atoms with Crippen molar-refractivity contribution in [2.24, 2.45) is 0 Å². The van der Waals surface area contributed by atoms with Crippen LogP contribution in [0, 0.1) is 0 Å². The summed E-state index contributed by atoms with van der Waals surface area (Å²) in [6, 6.07) is 4.93. The van der Waals surface area contributed by atoms with Gasteiger partial charge in [-0.25, -0.2) is 0 Å². The van der Waals surface area contributed by atoms with Crippen LogP contribution in [0.4, 0.5) is 0 Å². The molecular weight excluding hydrogens is 205 g/mol. The fourth-order valence-corrected chi connectivity index (χ4v) is 1.99. The van der Waals surface area contributed by atoms with E-state index in [1.165, 1.54) is 20.4 Å². The van der Waals surface area contributed by atoms with Gasteiger partial charge in [0.1, 0.15) is 0 Å². The lowest BCUT2D eigenvalue weighted by molar-refractivity contribution is 0.173. The quantitative estimate of drug-likeness (QED) is 0.775. The molecule has 0 aliphatic rings. The van der Waals surface area contributed by atoms with E-state index < -0.39 is 13.4 Å². The van der Waals surface area contributed by atoms with Crippen molar-refractivity contribution in [1.82, 2.24) is 4.98 Å². The molecule has 0 amide bonds. The second-order valence-corrected chi connectivity index (χ2v) is 4.83. The Hall–Kier alpha value is -0.740. The summed E-state index contributed by atoms with van der Waals surface area (Å²) in [5.74, 6) is -1.35. The minimum absolute atomic E-state index is 0.263. The summed E-state index contributed by atoms with van der Waals surface area (Å²) in [5.41, 5.74) is 0.263. The first-order chi connectivity index (χ1) is 6.64. The minimum Gasteiger partial charge on any atom is -0.375 e. The maximum absolute atomic E-state index is 11.7. The van der Waals surface area contributed by atoms with Crippen LogP contribution in [0.25, 0.3) is 0 Å². The highest BCUT2D eigenvalue weighted by atomic mass is 31.2. The van der Waals surface area contributed by atoms with E-state index in [1.807, 2.05) is 0 Å². The summed E-state index contributed by atoms with van der Waals surface area (Å²) in [7, 11) is -1.06. The van der Waals surface area contributed by atoms with Crippen LogP contribution >= 0.6 is 7.60 Å². The van der Waals surface area contributed by atoms with Crippen LogP contribution in [0.3, 0.4) is 0 Å². The van der Waals surface area contributed by atoms with Gasteiger partial charge in [-0.2, -0.15) is 0 Å². The third kappa shape index (κ3) is 2.19.